The summed E-state index contributed by atoms with van der Waals surface area (Å²) in [5, 5.41) is 15.3. The molecule has 1 saturated carbocycles. The van der Waals surface area contributed by atoms with Crippen molar-refractivity contribution >= 4 is 29.9 Å². The van der Waals surface area contributed by atoms with E-state index in [-0.39, 0.29) is 24.0 Å². The van der Waals surface area contributed by atoms with Crippen LogP contribution in [0.5, 0.6) is 0 Å². The van der Waals surface area contributed by atoms with Gasteiger partial charge in [0, 0.05) is 26.2 Å². The maximum Gasteiger partial charge on any atom is 0.191 e. The van der Waals surface area contributed by atoms with E-state index in [1.807, 2.05) is 18.5 Å². The van der Waals surface area contributed by atoms with Crippen LogP contribution in [0, 0.1) is 12.8 Å². The fourth-order valence-corrected chi connectivity index (χ4v) is 3.23. The van der Waals surface area contributed by atoms with Gasteiger partial charge in [0.15, 0.2) is 11.8 Å². The van der Waals surface area contributed by atoms with Gasteiger partial charge >= 0.3 is 0 Å². The van der Waals surface area contributed by atoms with Gasteiger partial charge in [0.05, 0.1) is 0 Å². The largest absolute Gasteiger partial charge is 0.356 e. The molecule has 8 heteroatoms. The van der Waals surface area contributed by atoms with Crippen LogP contribution in [0.3, 0.4) is 0 Å². The van der Waals surface area contributed by atoms with E-state index in [4.69, 9.17) is 4.99 Å². The van der Waals surface area contributed by atoms with Crippen LogP contribution in [0.2, 0.25) is 0 Å². The molecule has 1 saturated heterocycles. The van der Waals surface area contributed by atoms with Gasteiger partial charge in [0.2, 0.25) is 0 Å². The maximum atomic E-state index is 4.73. The molecule has 2 fully saturated rings. The van der Waals surface area contributed by atoms with E-state index in [1.165, 1.54) is 32.2 Å². The monoisotopic (exact) mass is 461 g/mol. The van der Waals surface area contributed by atoms with Crippen LogP contribution in [-0.4, -0.2) is 57.8 Å². The van der Waals surface area contributed by atoms with E-state index in [0.717, 1.165) is 43.2 Å². The summed E-state index contributed by atoms with van der Waals surface area (Å²) in [5.41, 5.74) is 0. The zero-order valence-electron chi connectivity index (χ0n) is 15.7. The normalized spacial score (nSPS) is 21.2. The van der Waals surface area contributed by atoms with Crippen molar-refractivity contribution in [2.45, 2.75) is 52.1 Å². The smallest absolute Gasteiger partial charge is 0.191 e. The highest BCUT2D eigenvalue weighted by atomic mass is 127. The molecule has 2 aliphatic rings. The van der Waals surface area contributed by atoms with E-state index >= 15 is 0 Å². The van der Waals surface area contributed by atoms with Gasteiger partial charge in [-0.15, -0.1) is 34.2 Å². The number of nitrogens with zero attached hydrogens (tertiary/aromatic N) is 5. The second-order valence-electron chi connectivity index (χ2n) is 7.02. The Morgan fingerprint density at radius 1 is 1.20 bits per heavy atom. The average Bonchev–Trinajstić information content (AvgIpc) is 3.22. The molecule has 3 rings (SSSR count). The lowest BCUT2D eigenvalue weighted by molar-refractivity contribution is 0.267. The SMILES string of the molecule is CCN1CCCC1CNC(=NCc1nnc(C)n1C)NCC1CC1.I. The van der Waals surface area contributed by atoms with Crippen LogP contribution < -0.4 is 10.6 Å². The molecule has 1 aliphatic heterocycles. The summed E-state index contributed by atoms with van der Waals surface area (Å²) >= 11 is 0. The van der Waals surface area contributed by atoms with Crippen LogP contribution in [0.25, 0.3) is 0 Å². The van der Waals surface area contributed by atoms with Crippen molar-refractivity contribution < 1.29 is 0 Å². The molecule has 25 heavy (non-hydrogen) atoms. The molecule has 142 valence electrons. The van der Waals surface area contributed by atoms with Crippen molar-refractivity contribution in [3.8, 4) is 0 Å². The highest BCUT2D eigenvalue weighted by Crippen LogP contribution is 2.27. The molecule has 2 N–H and O–H groups in total. The molecule has 0 radical (unpaired) electrons. The molecule has 1 aromatic heterocycles. The number of likely N-dealkylation sites (N-methyl/N-ethyl adjacent to an activating group) is 1. The Kier molecular flexibility index (Phi) is 7.92. The van der Waals surface area contributed by atoms with Gasteiger partial charge in [-0.05, 0) is 51.6 Å². The van der Waals surface area contributed by atoms with Crippen LogP contribution >= 0.6 is 24.0 Å². The number of aryl methyl sites for hydroxylation is 1. The number of likely N-dealkylation sites (tertiary alicyclic amines) is 1. The van der Waals surface area contributed by atoms with Gasteiger partial charge < -0.3 is 15.2 Å². The molecule has 0 spiro atoms. The summed E-state index contributed by atoms with van der Waals surface area (Å²) in [7, 11) is 1.99. The van der Waals surface area contributed by atoms with Crippen molar-refractivity contribution in [3.63, 3.8) is 0 Å². The third-order valence-corrected chi connectivity index (χ3v) is 5.23. The van der Waals surface area contributed by atoms with Crippen molar-refractivity contribution in [1.82, 2.24) is 30.3 Å². The maximum absolute atomic E-state index is 4.73. The van der Waals surface area contributed by atoms with Crippen molar-refractivity contribution in [3.05, 3.63) is 11.6 Å². The molecule has 0 amide bonds. The summed E-state index contributed by atoms with van der Waals surface area (Å²) in [4.78, 5) is 7.29. The minimum Gasteiger partial charge on any atom is -0.356 e. The lowest BCUT2D eigenvalue weighted by atomic mass is 10.2. The van der Waals surface area contributed by atoms with Crippen LogP contribution in [-0.2, 0) is 13.6 Å². The van der Waals surface area contributed by atoms with Crippen LogP contribution in [0.4, 0.5) is 0 Å². The van der Waals surface area contributed by atoms with E-state index in [1.54, 1.807) is 0 Å². The van der Waals surface area contributed by atoms with Crippen molar-refractivity contribution in [2.24, 2.45) is 18.0 Å². The Labute approximate surface area is 168 Å². The highest BCUT2D eigenvalue weighted by Gasteiger charge is 2.24. The van der Waals surface area contributed by atoms with Crippen LogP contribution in [0.1, 0.15) is 44.3 Å². The van der Waals surface area contributed by atoms with Gasteiger partial charge in [-0.2, -0.15) is 0 Å². The molecule has 1 aromatic rings. The van der Waals surface area contributed by atoms with Crippen molar-refractivity contribution in [1.29, 1.82) is 0 Å². The Bertz CT molecular complexity index is 567. The second-order valence-corrected chi connectivity index (χ2v) is 7.02. The zero-order chi connectivity index (χ0) is 16.9. The number of halogens is 1. The summed E-state index contributed by atoms with van der Waals surface area (Å²) in [6.07, 6.45) is 5.27. The number of hydrogen-bond donors (Lipinski definition) is 2. The molecule has 1 unspecified atom stereocenters. The predicted octanol–water partition coefficient (Wildman–Crippen LogP) is 1.67. The van der Waals surface area contributed by atoms with E-state index in [9.17, 15) is 0 Å². The van der Waals surface area contributed by atoms with Gasteiger partial charge in [-0.25, -0.2) is 4.99 Å². The van der Waals surface area contributed by atoms with Gasteiger partial charge in [-0.1, -0.05) is 6.92 Å². The Balaban J connectivity index is 0.00000225. The Morgan fingerprint density at radius 3 is 2.60 bits per heavy atom. The minimum atomic E-state index is 0. The zero-order valence-corrected chi connectivity index (χ0v) is 18.0. The molecular weight excluding hydrogens is 429 g/mol. The van der Waals surface area contributed by atoms with E-state index in [2.05, 4.69) is 32.7 Å². The first-order valence-electron chi connectivity index (χ1n) is 9.28. The standard InChI is InChI=1S/C17H31N7.HI/c1-4-24-9-5-6-15(24)11-19-17(18-10-14-7-8-14)20-12-16-22-21-13(2)23(16)3;/h14-15H,4-12H2,1-3H3,(H2,18,19,20);1H. The predicted molar refractivity (Wildman–Crippen MR) is 111 cm³/mol. The molecule has 0 aromatic carbocycles. The third-order valence-electron chi connectivity index (χ3n) is 5.23. The van der Waals surface area contributed by atoms with Crippen LogP contribution in [0.15, 0.2) is 4.99 Å². The number of aliphatic imine (C=N–C) groups is 1. The Hall–Kier alpha value is -0.900. The molecule has 0 bridgehead atoms. The average molecular weight is 461 g/mol. The molecule has 7 nitrogen and oxygen atoms in total. The van der Waals surface area contributed by atoms with Gasteiger partial charge in [0.1, 0.15) is 12.4 Å². The number of aromatic nitrogens is 3. The third kappa shape index (κ3) is 5.80. The van der Waals surface area contributed by atoms with E-state index < -0.39 is 0 Å². The fraction of sp³-hybridized carbons (Fsp3) is 0.824. The van der Waals surface area contributed by atoms with Gasteiger partial charge in [-0.3, -0.25) is 4.90 Å². The number of nitrogens with one attached hydrogen (secondary N) is 2. The highest BCUT2D eigenvalue weighted by molar-refractivity contribution is 14.0. The molecule has 2 heterocycles. The second kappa shape index (κ2) is 9.70. The molecule has 1 atom stereocenters. The number of guanidine groups is 1. The van der Waals surface area contributed by atoms with Crippen molar-refractivity contribution in [2.75, 3.05) is 26.2 Å². The Morgan fingerprint density at radius 2 is 1.96 bits per heavy atom. The quantitative estimate of drug-likeness (QED) is 0.368. The number of hydrogen-bond acceptors (Lipinski definition) is 4. The summed E-state index contributed by atoms with van der Waals surface area (Å²) in [5.74, 6) is 3.56. The first-order chi connectivity index (χ1) is 11.7. The van der Waals surface area contributed by atoms with E-state index in [0.29, 0.717) is 12.6 Å². The summed E-state index contributed by atoms with van der Waals surface area (Å²) in [6, 6.07) is 0.625. The number of rotatable bonds is 7. The summed E-state index contributed by atoms with van der Waals surface area (Å²) < 4.78 is 2.00. The first kappa shape index (κ1) is 20.4. The summed E-state index contributed by atoms with van der Waals surface area (Å²) in [6.45, 7) is 9.10. The molecular formula is C17H32IN7. The minimum absolute atomic E-state index is 0. The fourth-order valence-electron chi connectivity index (χ4n) is 3.23. The molecule has 1 aliphatic carbocycles. The first-order valence-corrected chi connectivity index (χ1v) is 9.28. The lowest BCUT2D eigenvalue weighted by Crippen LogP contribution is -2.45. The van der Waals surface area contributed by atoms with Gasteiger partial charge in [0.25, 0.3) is 0 Å². The lowest BCUT2D eigenvalue weighted by Gasteiger charge is -2.24. The topological polar surface area (TPSA) is 70.4 Å².